The molecule has 23 heavy (non-hydrogen) atoms. The van der Waals surface area contributed by atoms with Gasteiger partial charge in [0.05, 0.1) is 23.6 Å². The molecular formula is C16H18N4O3. The molecule has 1 aromatic heterocycles. The fourth-order valence-corrected chi connectivity index (χ4v) is 3.18. The van der Waals surface area contributed by atoms with Gasteiger partial charge in [0.1, 0.15) is 5.82 Å². The van der Waals surface area contributed by atoms with Gasteiger partial charge in [-0.2, -0.15) is 5.10 Å². The quantitative estimate of drug-likeness (QED) is 0.644. The number of benzene rings is 1. The van der Waals surface area contributed by atoms with Gasteiger partial charge in [-0.25, -0.2) is 4.68 Å². The van der Waals surface area contributed by atoms with Gasteiger partial charge in [-0.05, 0) is 25.8 Å². The van der Waals surface area contributed by atoms with Crippen molar-refractivity contribution < 1.29 is 9.72 Å². The molecule has 3 rings (SSSR count). The van der Waals surface area contributed by atoms with Gasteiger partial charge in [-0.15, -0.1) is 0 Å². The summed E-state index contributed by atoms with van der Waals surface area (Å²) in [6.45, 7) is 4.09. The molecule has 0 aliphatic carbocycles. The van der Waals surface area contributed by atoms with Crippen molar-refractivity contribution in [2.45, 2.75) is 38.8 Å². The van der Waals surface area contributed by atoms with Gasteiger partial charge < -0.3 is 0 Å². The number of hydrogen-bond acceptors (Lipinski definition) is 4. The predicted octanol–water partition coefficient (Wildman–Crippen LogP) is 2.72. The number of hydrogen-bond donors (Lipinski definition) is 0. The lowest BCUT2D eigenvalue weighted by Crippen LogP contribution is -2.45. The standard InChI is InChI=1S/C16H18N4O3/c1-11-8-12(2)19-15(6-7-17-19)18(11)16(21)10-13-4-3-5-14(9-13)20(22)23/h3-7,9,11-12H,8,10H2,1-2H3/t11-,12-/m1/s1. The van der Waals surface area contributed by atoms with E-state index < -0.39 is 4.92 Å². The first-order valence-electron chi connectivity index (χ1n) is 7.56. The van der Waals surface area contributed by atoms with Gasteiger partial charge in [-0.1, -0.05) is 12.1 Å². The van der Waals surface area contributed by atoms with Crippen molar-refractivity contribution in [2.75, 3.05) is 4.90 Å². The van der Waals surface area contributed by atoms with Crippen LogP contribution in [0.3, 0.4) is 0 Å². The zero-order valence-electron chi connectivity index (χ0n) is 13.0. The number of nitro groups is 1. The lowest BCUT2D eigenvalue weighted by molar-refractivity contribution is -0.384. The van der Waals surface area contributed by atoms with Gasteiger partial charge in [0.2, 0.25) is 5.91 Å². The molecule has 1 aromatic carbocycles. The Kier molecular flexibility index (Phi) is 3.85. The third-order valence-corrected chi connectivity index (χ3v) is 4.18. The Morgan fingerprint density at radius 3 is 2.87 bits per heavy atom. The summed E-state index contributed by atoms with van der Waals surface area (Å²) in [6.07, 6.45) is 2.65. The number of anilines is 1. The van der Waals surface area contributed by atoms with E-state index in [2.05, 4.69) is 12.0 Å². The summed E-state index contributed by atoms with van der Waals surface area (Å²) in [4.78, 5) is 24.9. The van der Waals surface area contributed by atoms with Gasteiger partial charge in [0.25, 0.3) is 5.69 Å². The van der Waals surface area contributed by atoms with Gasteiger partial charge in [0, 0.05) is 24.2 Å². The van der Waals surface area contributed by atoms with Crippen LogP contribution >= 0.6 is 0 Å². The van der Waals surface area contributed by atoms with E-state index in [0.29, 0.717) is 5.56 Å². The van der Waals surface area contributed by atoms with E-state index in [0.717, 1.165) is 12.2 Å². The third kappa shape index (κ3) is 2.81. The Bertz CT molecular complexity index is 755. The summed E-state index contributed by atoms with van der Waals surface area (Å²) in [5, 5.41) is 15.1. The summed E-state index contributed by atoms with van der Waals surface area (Å²) in [6, 6.07) is 8.36. The molecule has 0 unspecified atom stereocenters. The average molecular weight is 314 g/mol. The van der Waals surface area contributed by atoms with Crippen molar-refractivity contribution in [1.82, 2.24) is 9.78 Å². The number of non-ortho nitro benzene ring substituents is 1. The van der Waals surface area contributed by atoms with Gasteiger partial charge in [0.15, 0.2) is 0 Å². The second kappa shape index (κ2) is 5.83. The average Bonchev–Trinajstić information content (AvgIpc) is 2.97. The summed E-state index contributed by atoms with van der Waals surface area (Å²) >= 11 is 0. The Balaban J connectivity index is 1.85. The van der Waals surface area contributed by atoms with Crippen molar-refractivity contribution in [2.24, 2.45) is 0 Å². The molecule has 7 heteroatoms. The minimum atomic E-state index is -0.450. The Hall–Kier alpha value is -2.70. The zero-order valence-corrected chi connectivity index (χ0v) is 13.0. The van der Waals surface area contributed by atoms with Crippen molar-refractivity contribution in [3.8, 4) is 0 Å². The molecule has 1 aliphatic heterocycles. The van der Waals surface area contributed by atoms with Gasteiger partial charge in [-0.3, -0.25) is 19.8 Å². The van der Waals surface area contributed by atoms with E-state index >= 15 is 0 Å². The van der Waals surface area contributed by atoms with Crippen LogP contribution in [0, 0.1) is 10.1 Å². The highest BCUT2D eigenvalue weighted by Crippen LogP contribution is 2.31. The third-order valence-electron chi connectivity index (χ3n) is 4.18. The van der Waals surface area contributed by atoms with Crippen LogP contribution in [0.5, 0.6) is 0 Å². The topological polar surface area (TPSA) is 81.3 Å². The summed E-state index contributed by atoms with van der Waals surface area (Å²) in [5.74, 6) is 0.707. The fourth-order valence-electron chi connectivity index (χ4n) is 3.18. The molecule has 2 heterocycles. The van der Waals surface area contributed by atoms with E-state index in [1.54, 1.807) is 23.2 Å². The smallest absolute Gasteiger partial charge is 0.269 e. The number of fused-ring (bicyclic) bond motifs is 1. The van der Waals surface area contributed by atoms with Crippen LogP contribution in [0.15, 0.2) is 36.5 Å². The second-order valence-electron chi connectivity index (χ2n) is 5.94. The van der Waals surface area contributed by atoms with Crippen molar-refractivity contribution in [3.05, 3.63) is 52.2 Å². The number of amides is 1. The molecule has 0 radical (unpaired) electrons. The Labute approximate surface area is 133 Å². The molecule has 1 amide bonds. The lowest BCUT2D eigenvalue weighted by atomic mass is 10.0. The maximum Gasteiger partial charge on any atom is 0.269 e. The zero-order chi connectivity index (χ0) is 16.6. The fraction of sp³-hybridized carbons (Fsp3) is 0.375. The van der Waals surface area contributed by atoms with Crippen LogP contribution in [0.4, 0.5) is 11.5 Å². The number of rotatable bonds is 3. The van der Waals surface area contributed by atoms with Gasteiger partial charge >= 0.3 is 0 Å². The predicted molar refractivity (Wildman–Crippen MR) is 85.3 cm³/mol. The molecule has 0 fully saturated rings. The minimum absolute atomic E-state index is 0.000608. The molecule has 0 saturated carbocycles. The lowest BCUT2D eigenvalue weighted by Gasteiger charge is -2.37. The van der Waals surface area contributed by atoms with E-state index in [1.165, 1.54) is 12.1 Å². The molecule has 120 valence electrons. The van der Waals surface area contributed by atoms with Crippen LogP contribution in [0.1, 0.15) is 31.9 Å². The molecule has 1 aliphatic rings. The Morgan fingerprint density at radius 1 is 1.35 bits per heavy atom. The maximum absolute atomic E-state index is 12.7. The highest BCUT2D eigenvalue weighted by Gasteiger charge is 2.32. The second-order valence-corrected chi connectivity index (χ2v) is 5.94. The minimum Gasteiger partial charge on any atom is -0.294 e. The van der Waals surface area contributed by atoms with Crippen LogP contribution in [0.2, 0.25) is 0 Å². The first-order chi connectivity index (χ1) is 11.0. The normalized spacial score (nSPS) is 20.2. The molecule has 7 nitrogen and oxygen atoms in total. The summed E-state index contributed by atoms with van der Waals surface area (Å²) < 4.78 is 1.85. The summed E-state index contributed by atoms with van der Waals surface area (Å²) in [5.41, 5.74) is 0.641. The number of nitro benzene ring substituents is 1. The Morgan fingerprint density at radius 2 is 2.13 bits per heavy atom. The van der Waals surface area contributed by atoms with Crippen LogP contribution < -0.4 is 4.90 Å². The molecule has 0 saturated heterocycles. The van der Waals surface area contributed by atoms with Crippen LogP contribution in [-0.4, -0.2) is 26.7 Å². The number of carbonyl (C=O) groups is 1. The monoisotopic (exact) mass is 314 g/mol. The highest BCUT2D eigenvalue weighted by molar-refractivity contribution is 5.94. The number of nitrogens with zero attached hydrogens (tertiary/aromatic N) is 4. The molecular weight excluding hydrogens is 296 g/mol. The first kappa shape index (κ1) is 15.2. The summed E-state index contributed by atoms with van der Waals surface area (Å²) in [7, 11) is 0. The molecule has 0 spiro atoms. The first-order valence-corrected chi connectivity index (χ1v) is 7.56. The number of carbonyl (C=O) groups excluding carboxylic acids is 1. The van der Waals surface area contributed by atoms with Crippen LogP contribution in [0.25, 0.3) is 0 Å². The van der Waals surface area contributed by atoms with E-state index in [9.17, 15) is 14.9 Å². The van der Waals surface area contributed by atoms with E-state index in [4.69, 9.17) is 0 Å². The van der Waals surface area contributed by atoms with Crippen LogP contribution in [-0.2, 0) is 11.2 Å². The number of aromatic nitrogens is 2. The molecule has 2 aromatic rings. The molecule has 0 N–H and O–H groups in total. The van der Waals surface area contributed by atoms with Crippen molar-refractivity contribution in [1.29, 1.82) is 0 Å². The van der Waals surface area contributed by atoms with Crippen molar-refractivity contribution >= 4 is 17.4 Å². The molecule has 2 atom stereocenters. The molecule has 0 bridgehead atoms. The van der Waals surface area contributed by atoms with E-state index in [-0.39, 0.29) is 30.1 Å². The van der Waals surface area contributed by atoms with Crippen molar-refractivity contribution in [3.63, 3.8) is 0 Å². The highest BCUT2D eigenvalue weighted by atomic mass is 16.6. The maximum atomic E-state index is 12.7. The largest absolute Gasteiger partial charge is 0.294 e. The SMILES string of the molecule is C[C@@H]1C[C@@H](C)n2nccc2N1C(=O)Cc1cccc([N+](=O)[O-])c1. The van der Waals surface area contributed by atoms with E-state index in [1.807, 2.05) is 17.7 Å².